The third-order valence-electron chi connectivity index (χ3n) is 9.00. The van der Waals surface area contributed by atoms with Gasteiger partial charge in [-0.25, -0.2) is 9.59 Å². The van der Waals surface area contributed by atoms with Crippen molar-refractivity contribution in [2.75, 3.05) is 79.0 Å². The smallest absolute Gasteiger partial charge is 0.408 e. The molecule has 4 rings (SSSR count). The number of nitrogens with zero attached hydrogens (tertiary/aromatic N) is 4. The van der Waals surface area contributed by atoms with Crippen LogP contribution >= 0.6 is 0 Å². The SMILES string of the molecule is C1CCN(CCN2CCCCC2)CC1.CN1CCCC(CC(NC(=O)OC(C)(C)C)C(=O)O)C1.O=C(O)CCN1CCCCC1. The fourth-order valence-corrected chi connectivity index (χ4v) is 6.56. The third kappa shape index (κ3) is 19.3. The predicted molar refractivity (Wildman–Crippen MR) is 179 cm³/mol. The van der Waals surface area contributed by atoms with Crippen LogP contribution in [0.2, 0.25) is 0 Å². The first-order chi connectivity index (χ1) is 21.4. The normalized spacial score (nSPS) is 23.0. The highest BCUT2D eigenvalue weighted by atomic mass is 16.6. The van der Waals surface area contributed by atoms with Gasteiger partial charge in [-0.05, 0) is 137 Å². The molecule has 11 heteroatoms. The average Bonchev–Trinajstić information content (AvgIpc) is 3.00. The minimum absolute atomic E-state index is 0.292. The van der Waals surface area contributed by atoms with Crippen molar-refractivity contribution in [3.8, 4) is 0 Å². The number of hydrogen-bond acceptors (Lipinski definition) is 8. The first-order valence-electron chi connectivity index (χ1n) is 17.7. The van der Waals surface area contributed by atoms with E-state index in [0.717, 1.165) is 45.6 Å². The number of aliphatic carboxylic acids is 2. The van der Waals surface area contributed by atoms with Gasteiger partial charge < -0.3 is 39.9 Å². The monoisotopic (exact) mass is 639 g/mol. The van der Waals surface area contributed by atoms with Crippen LogP contribution in [-0.4, -0.2) is 139 Å². The van der Waals surface area contributed by atoms with Gasteiger partial charge in [0.05, 0.1) is 6.42 Å². The highest BCUT2D eigenvalue weighted by molar-refractivity contribution is 5.80. The van der Waals surface area contributed by atoms with Crippen LogP contribution in [0.1, 0.15) is 104 Å². The summed E-state index contributed by atoms with van der Waals surface area (Å²) in [6.07, 6.45) is 14.6. The molecule has 0 bridgehead atoms. The molecular weight excluding hydrogens is 574 g/mol. The highest BCUT2D eigenvalue weighted by Gasteiger charge is 2.28. The Morgan fingerprint density at radius 2 is 1.20 bits per heavy atom. The lowest BCUT2D eigenvalue weighted by Crippen LogP contribution is -2.46. The molecule has 4 fully saturated rings. The van der Waals surface area contributed by atoms with Crippen molar-refractivity contribution < 1.29 is 29.3 Å². The Morgan fingerprint density at radius 1 is 0.733 bits per heavy atom. The van der Waals surface area contributed by atoms with E-state index in [1.165, 1.54) is 97.1 Å². The Morgan fingerprint density at radius 3 is 1.60 bits per heavy atom. The van der Waals surface area contributed by atoms with E-state index in [-0.39, 0.29) is 0 Å². The number of piperidine rings is 4. The van der Waals surface area contributed by atoms with E-state index < -0.39 is 29.7 Å². The zero-order valence-electron chi connectivity index (χ0n) is 28.9. The van der Waals surface area contributed by atoms with Crippen LogP contribution in [0.15, 0.2) is 0 Å². The van der Waals surface area contributed by atoms with Crippen LogP contribution in [-0.2, 0) is 14.3 Å². The zero-order valence-corrected chi connectivity index (χ0v) is 28.9. The molecular formula is C34H65N5O6. The molecule has 3 N–H and O–H groups in total. The number of amides is 1. The fraction of sp³-hybridized carbons (Fsp3) is 0.912. The van der Waals surface area contributed by atoms with E-state index in [0.29, 0.717) is 18.8 Å². The molecule has 4 heterocycles. The molecule has 262 valence electrons. The molecule has 2 atom stereocenters. The Balaban J connectivity index is 0.000000246. The molecule has 2 unspecified atom stereocenters. The molecule has 45 heavy (non-hydrogen) atoms. The Bertz CT molecular complexity index is 817. The Kier molecular flexibility index (Phi) is 19.0. The van der Waals surface area contributed by atoms with Gasteiger partial charge in [0.2, 0.25) is 0 Å². The first kappa shape index (κ1) is 39.2. The molecule has 4 saturated heterocycles. The standard InChI is InChI=1S/C14H26N2O4.C12H24N2.C8H15NO2/c1-14(2,3)20-13(19)15-11(12(17)18)8-10-6-5-7-16(4)9-10;1-3-7-13(8-4-1)11-12-14-9-5-2-6-10-14;10-8(11)4-7-9-5-2-1-3-6-9/h10-11H,5-9H2,1-4H3,(H,15,19)(H,17,18);1-12H2;1-7H2,(H,10,11). The quantitative estimate of drug-likeness (QED) is 0.312. The fourth-order valence-electron chi connectivity index (χ4n) is 6.56. The molecule has 0 saturated carbocycles. The number of hydrogen-bond donors (Lipinski definition) is 3. The van der Waals surface area contributed by atoms with E-state index in [9.17, 15) is 19.5 Å². The van der Waals surface area contributed by atoms with Crippen LogP contribution in [0.25, 0.3) is 0 Å². The number of carboxylic acids is 2. The molecule has 0 aliphatic carbocycles. The summed E-state index contributed by atoms with van der Waals surface area (Å²) in [5.41, 5.74) is -0.627. The van der Waals surface area contributed by atoms with Gasteiger partial charge in [0.1, 0.15) is 11.6 Å². The molecule has 4 aliphatic rings. The number of ether oxygens (including phenoxy) is 1. The second-order valence-electron chi connectivity index (χ2n) is 14.4. The van der Waals surface area contributed by atoms with Crippen molar-refractivity contribution in [2.45, 2.75) is 116 Å². The van der Waals surface area contributed by atoms with E-state index in [2.05, 4.69) is 24.9 Å². The predicted octanol–water partition coefficient (Wildman–Crippen LogP) is 4.60. The van der Waals surface area contributed by atoms with Crippen molar-refractivity contribution in [2.24, 2.45) is 5.92 Å². The minimum atomic E-state index is -1.01. The summed E-state index contributed by atoms with van der Waals surface area (Å²) in [6.45, 7) is 18.1. The summed E-state index contributed by atoms with van der Waals surface area (Å²) in [5.74, 6) is -1.40. The molecule has 0 aromatic rings. The van der Waals surface area contributed by atoms with Crippen LogP contribution in [0.5, 0.6) is 0 Å². The molecule has 4 aliphatic heterocycles. The maximum atomic E-state index is 11.7. The number of carboxylic acid groups (broad SMARTS) is 2. The van der Waals surface area contributed by atoms with Gasteiger partial charge in [-0.1, -0.05) is 19.3 Å². The van der Waals surface area contributed by atoms with Crippen LogP contribution in [0.4, 0.5) is 4.79 Å². The lowest BCUT2D eigenvalue weighted by Gasteiger charge is -2.31. The maximum Gasteiger partial charge on any atom is 0.408 e. The van der Waals surface area contributed by atoms with Crippen molar-refractivity contribution in [1.82, 2.24) is 24.9 Å². The second-order valence-corrected chi connectivity index (χ2v) is 14.4. The van der Waals surface area contributed by atoms with E-state index in [1.807, 2.05) is 7.05 Å². The average molecular weight is 640 g/mol. The minimum Gasteiger partial charge on any atom is -0.481 e. The molecule has 1 amide bonds. The maximum absolute atomic E-state index is 11.7. The molecule has 0 aromatic heterocycles. The van der Waals surface area contributed by atoms with Gasteiger partial charge in [-0.3, -0.25) is 4.79 Å². The number of carbonyl (C=O) groups excluding carboxylic acids is 1. The summed E-state index contributed by atoms with van der Waals surface area (Å²) in [7, 11) is 2.03. The summed E-state index contributed by atoms with van der Waals surface area (Å²) < 4.78 is 5.10. The summed E-state index contributed by atoms with van der Waals surface area (Å²) >= 11 is 0. The van der Waals surface area contributed by atoms with Gasteiger partial charge >= 0.3 is 18.0 Å². The number of rotatable bonds is 10. The highest BCUT2D eigenvalue weighted by Crippen LogP contribution is 2.20. The van der Waals surface area contributed by atoms with E-state index in [4.69, 9.17) is 9.84 Å². The number of alkyl carbamates (subject to hydrolysis) is 1. The topological polar surface area (TPSA) is 126 Å². The van der Waals surface area contributed by atoms with Crippen LogP contribution in [0, 0.1) is 5.92 Å². The van der Waals surface area contributed by atoms with Crippen LogP contribution in [0.3, 0.4) is 0 Å². The van der Waals surface area contributed by atoms with Crippen LogP contribution < -0.4 is 5.32 Å². The molecule has 0 spiro atoms. The Hall–Kier alpha value is -1.95. The third-order valence-corrected chi connectivity index (χ3v) is 9.00. The Labute approximate surface area is 273 Å². The zero-order chi connectivity index (χ0) is 33.1. The van der Waals surface area contributed by atoms with Gasteiger partial charge in [-0.15, -0.1) is 0 Å². The molecule has 0 radical (unpaired) electrons. The molecule has 11 nitrogen and oxygen atoms in total. The van der Waals surface area contributed by atoms with Crippen molar-refractivity contribution in [3.05, 3.63) is 0 Å². The second kappa shape index (κ2) is 21.8. The summed E-state index contributed by atoms with van der Waals surface area (Å²) in [6, 6.07) is -0.888. The van der Waals surface area contributed by atoms with Crippen molar-refractivity contribution >= 4 is 18.0 Å². The number of likely N-dealkylation sites (tertiary alicyclic amines) is 4. The summed E-state index contributed by atoms with van der Waals surface area (Å²) in [5, 5.41) is 20.1. The van der Waals surface area contributed by atoms with E-state index >= 15 is 0 Å². The van der Waals surface area contributed by atoms with E-state index in [1.54, 1.807) is 20.8 Å². The van der Waals surface area contributed by atoms with Crippen molar-refractivity contribution in [3.63, 3.8) is 0 Å². The van der Waals surface area contributed by atoms with Gasteiger partial charge in [0.15, 0.2) is 0 Å². The first-order valence-corrected chi connectivity index (χ1v) is 17.7. The van der Waals surface area contributed by atoms with Gasteiger partial charge in [-0.2, -0.15) is 0 Å². The van der Waals surface area contributed by atoms with Gasteiger partial charge in [0.25, 0.3) is 0 Å². The largest absolute Gasteiger partial charge is 0.481 e. The lowest BCUT2D eigenvalue weighted by molar-refractivity contribution is -0.140. The van der Waals surface area contributed by atoms with Gasteiger partial charge in [0, 0.05) is 26.2 Å². The lowest BCUT2D eigenvalue weighted by atomic mass is 9.91. The van der Waals surface area contributed by atoms with Crippen molar-refractivity contribution in [1.29, 1.82) is 0 Å². The number of carbonyl (C=O) groups is 3. The summed E-state index contributed by atoms with van der Waals surface area (Å²) in [4.78, 5) is 42.9. The number of nitrogens with one attached hydrogen (secondary N) is 1. The molecule has 0 aromatic carbocycles.